The normalized spacial score (nSPS) is 13.1. The van der Waals surface area contributed by atoms with Gasteiger partial charge in [0.25, 0.3) is 5.91 Å². The molecule has 0 saturated carbocycles. The number of carbonyl (C=O) groups is 1. The Kier molecular flexibility index (Phi) is 6.61. The molecule has 1 aliphatic heterocycles. The van der Waals surface area contributed by atoms with Crippen molar-refractivity contribution in [2.45, 2.75) is 13.2 Å². The molecule has 0 atom stereocenters. The molecule has 4 nitrogen and oxygen atoms in total. The number of ether oxygens (including phenoxy) is 1. The minimum absolute atomic E-state index is 0.164. The molecule has 0 fully saturated rings. The first-order chi connectivity index (χ1) is 15.3. The van der Waals surface area contributed by atoms with E-state index in [1.165, 1.54) is 0 Å². The van der Waals surface area contributed by atoms with E-state index in [0.717, 1.165) is 11.1 Å². The number of rotatable bonds is 7. The van der Waals surface area contributed by atoms with Crippen molar-refractivity contribution in [3.63, 3.8) is 0 Å². The van der Waals surface area contributed by atoms with E-state index >= 15 is 0 Å². The number of nitrogens with one attached hydrogen (secondary N) is 1. The summed E-state index contributed by atoms with van der Waals surface area (Å²) in [6.07, 6.45) is 7.65. The molecule has 0 spiro atoms. The average Bonchev–Trinajstić information content (AvgIpc) is 3.01. The number of amides is 1. The monoisotopic (exact) mass is 408 g/mol. The van der Waals surface area contributed by atoms with Gasteiger partial charge in [-0.15, -0.1) is 0 Å². The molecule has 31 heavy (non-hydrogen) atoms. The summed E-state index contributed by atoms with van der Waals surface area (Å²) in [5, 5.41) is 3.05. The topological polar surface area (TPSA) is 41.6 Å². The second kappa shape index (κ2) is 10.1. The van der Waals surface area contributed by atoms with Crippen LogP contribution in [0.15, 0.2) is 127 Å². The van der Waals surface area contributed by atoms with Crippen LogP contribution in [0.4, 0.5) is 0 Å². The van der Waals surface area contributed by atoms with Gasteiger partial charge in [0, 0.05) is 24.4 Å². The third kappa shape index (κ3) is 5.73. The first kappa shape index (κ1) is 20.2. The Labute approximate surface area is 182 Å². The van der Waals surface area contributed by atoms with Crippen LogP contribution in [0.2, 0.25) is 0 Å². The molecule has 0 bridgehead atoms. The van der Waals surface area contributed by atoms with Gasteiger partial charge in [-0.1, -0.05) is 78.9 Å². The highest BCUT2D eigenvalue weighted by Crippen LogP contribution is 2.18. The van der Waals surface area contributed by atoms with E-state index in [4.69, 9.17) is 4.74 Å². The Hall–Kier alpha value is -4.05. The molecule has 0 radical (unpaired) electrons. The molecular weight excluding hydrogens is 384 g/mol. The predicted octanol–water partition coefficient (Wildman–Crippen LogP) is 5.39. The minimum Gasteiger partial charge on any atom is -0.489 e. The maximum Gasteiger partial charge on any atom is 0.256 e. The molecule has 1 amide bonds. The van der Waals surface area contributed by atoms with E-state index in [-0.39, 0.29) is 5.91 Å². The van der Waals surface area contributed by atoms with Gasteiger partial charge in [-0.25, -0.2) is 0 Å². The Bertz CT molecular complexity index is 1090. The fourth-order valence-electron chi connectivity index (χ4n) is 3.22. The van der Waals surface area contributed by atoms with Crippen LogP contribution in [0.5, 0.6) is 0 Å². The van der Waals surface area contributed by atoms with Gasteiger partial charge in [0.2, 0.25) is 0 Å². The minimum atomic E-state index is -0.164. The lowest BCUT2D eigenvalue weighted by atomic mass is 10.2. The van der Waals surface area contributed by atoms with E-state index in [1.807, 2.05) is 96.1 Å². The molecule has 1 heterocycles. The van der Waals surface area contributed by atoms with Crippen LogP contribution in [0.1, 0.15) is 21.5 Å². The van der Waals surface area contributed by atoms with Crippen molar-refractivity contribution in [2.75, 3.05) is 0 Å². The fraction of sp³-hybridized carbons (Fsp3) is 0.0741. The highest BCUT2D eigenvalue weighted by atomic mass is 16.5. The van der Waals surface area contributed by atoms with Crippen LogP contribution >= 0.6 is 0 Å². The summed E-state index contributed by atoms with van der Waals surface area (Å²) in [6.45, 7) is 1.08. The summed E-state index contributed by atoms with van der Waals surface area (Å²) in [5.41, 5.74) is 2.83. The van der Waals surface area contributed by atoms with Crippen molar-refractivity contribution in [3.8, 4) is 0 Å². The second-order valence-electron chi connectivity index (χ2n) is 7.15. The largest absolute Gasteiger partial charge is 0.489 e. The van der Waals surface area contributed by atoms with Gasteiger partial charge >= 0.3 is 0 Å². The molecule has 4 rings (SSSR count). The summed E-state index contributed by atoms with van der Waals surface area (Å²) in [6, 6.07) is 29.3. The smallest absolute Gasteiger partial charge is 0.256 e. The number of hydrogen-bond donors (Lipinski definition) is 1. The van der Waals surface area contributed by atoms with Gasteiger partial charge in [0.05, 0.1) is 0 Å². The Morgan fingerprint density at radius 2 is 1.42 bits per heavy atom. The Morgan fingerprint density at radius 1 is 0.806 bits per heavy atom. The van der Waals surface area contributed by atoms with E-state index in [1.54, 1.807) is 12.1 Å². The molecule has 0 unspecified atom stereocenters. The van der Waals surface area contributed by atoms with Crippen molar-refractivity contribution >= 4 is 5.91 Å². The second-order valence-corrected chi connectivity index (χ2v) is 7.15. The standard InChI is InChI=1S/C27H24N2O2/c30-27(24-15-8-3-9-16-24)28-26-19-25(31-21-23-13-6-2-7-14-23)17-10-18-29(26)20-22-11-4-1-5-12-22/h1-19H,20-21H2,(H,28,30). The van der Waals surface area contributed by atoms with Crippen molar-refractivity contribution in [1.82, 2.24) is 10.2 Å². The maximum atomic E-state index is 12.8. The number of allylic oxidation sites excluding steroid dienone is 3. The van der Waals surface area contributed by atoms with E-state index in [0.29, 0.717) is 30.3 Å². The highest BCUT2D eigenvalue weighted by Gasteiger charge is 2.15. The van der Waals surface area contributed by atoms with Gasteiger partial charge in [-0.3, -0.25) is 4.79 Å². The average molecular weight is 409 g/mol. The van der Waals surface area contributed by atoms with Crippen molar-refractivity contribution in [1.29, 1.82) is 0 Å². The molecule has 154 valence electrons. The quantitative estimate of drug-likeness (QED) is 0.570. The Morgan fingerprint density at radius 3 is 2.10 bits per heavy atom. The van der Waals surface area contributed by atoms with Crippen LogP contribution in [0.3, 0.4) is 0 Å². The first-order valence-corrected chi connectivity index (χ1v) is 10.2. The van der Waals surface area contributed by atoms with Crippen LogP contribution in [-0.4, -0.2) is 10.8 Å². The van der Waals surface area contributed by atoms with Gasteiger partial charge < -0.3 is 15.0 Å². The van der Waals surface area contributed by atoms with Crippen molar-refractivity contribution < 1.29 is 9.53 Å². The highest BCUT2D eigenvalue weighted by molar-refractivity contribution is 5.95. The molecule has 1 aliphatic rings. The van der Waals surface area contributed by atoms with Crippen LogP contribution in [-0.2, 0) is 17.9 Å². The molecule has 0 saturated heterocycles. The molecule has 4 heteroatoms. The summed E-state index contributed by atoms with van der Waals surface area (Å²) in [5.74, 6) is 1.17. The summed E-state index contributed by atoms with van der Waals surface area (Å²) >= 11 is 0. The Balaban J connectivity index is 1.55. The molecule has 3 aromatic rings. The maximum absolute atomic E-state index is 12.8. The lowest BCUT2D eigenvalue weighted by molar-refractivity contribution is 0.0954. The van der Waals surface area contributed by atoms with Gasteiger partial charge in [0.1, 0.15) is 18.2 Å². The molecule has 1 N–H and O–H groups in total. The zero-order valence-electron chi connectivity index (χ0n) is 17.1. The summed E-state index contributed by atoms with van der Waals surface area (Å²) in [7, 11) is 0. The third-order valence-electron chi connectivity index (χ3n) is 4.84. The van der Waals surface area contributed by atoms with E-state index in [2.05, 4.69) is 17.4 Å². The van der Waals surface area contributed by atoms with Gasteiger partial charge in [0.15, 0.2) is 0 Å². The van der Waals surface area contributed by atoms with Crippen LogP contribution in [0.25, 0.3) is 0 Å². The van der Waals surface area contributed by atoms with E-state index in [9.17, 15) is 4.79 Å². The van der Waals surface area contributed by atoms with Gasteiger partial charge in [-0.05, 0) is 35.4 Å². The number of nitrogens with zero attached hydrogens (tertiary/aromatic N) is 1. The molecule has 3 aromatic carbocycles. The van der Waals surface area contributed by atoms with Crippen LogP contribution in [0, 0.1) is 0 Å². The zero-order chi connectivity index (χ0) is 21.3. The number of benzene rings is 3. The number of hydrogen-bond acceptors (Lipinski definition) is 3. The lowest BCUT2D eigenvalue weighted by Crippen LogP contribution is -2.32. The SMILES string of the molecule is O=C(NC1=CC(OCc2ccccc2)=CC=CN1Cc1ccccc1)c1ccccc1. The van der Waals surface area contributed by atoms with Crippen molar-refractivity contribution in [2.24, 2.45) is 0 Å². The first-order valence-electron chi connectivity index (χ1n) is 10.2. The molecule has 0 aromatic heterocycles. The third-order valence-corrected chi connectivity index (χ3v) is 4.84. The van der Waals surface area contributed by atoms with Crippen LogP contribution < -0.4 is 5.32 Å². The molecule has 0 aliphatic carbocycles. The summed E-state index contributed by atoms with van der Waals surface area (Å²) < 4.78 is 6.02. The molecular formula is C27H24N2O2. The zero-order valence-corrected chi connectivity index (χ0v) is 17.1. The van der Waals surface area contributed by atoms with Crippen molar-refractivity contribution in [3.05, 3.63) is 144 Å². The fourth-order valence-corrected chi connectivity index (χ4v) is 3.22. The lowest BCUT2D eigenvalue weighted by Gasteiger charge is -2.24. The summed E-state index contributed by atoms with van der Waals surface area (Å²) in [4.78, 5) is 14.9. The predicted molar refractivity (Wildman–Crippen MR) is 122 cm³/mol. The van der Waals surface area contributed by atoms with E-state index < -0.39 is 0 Å². The van der Waals surface area contributed by atoms with Gasteiger partial charge in [-0.2, -0.15) is 0 Å². The number of carbonyl (C=O) groups excluding carboxylic acids is 1.